The minimum Gasteiger partial charge on any atom is -0.497 e. The SMILES string of the molecule is COc1ccc(C(=O)N(C)C2CCCCC2CN)cc1. The summed E-state index contributed by atoms with van der Waals surface area (Å²) >= 11 is 0. The molecule has 1 aromatic rings. The maximum Gasteiger partial charge on any atom is 0.253 e. The van der Waals surface area contributed by atoms with Crippen molar-refractivity contribution < 1.29 is 9.53 Å². The quantitative estimate of drug-likeness (QED) is 0.918. The molecule has 4 heteroatoms. The van der Waals surface area contributed by atoms with Gasteiger partial charge >= 0.3 is 0 Å². The summed E-state index contributed by atoms with van der Waals surface area (Å²) in [4.78, 5) is 14.4. The molecule has 1 amide bonds. The lowest BCUT2D eigenvalue weighted by molar-refractivity contribution is 0.0620. The van der Waals surface area contributed by atoms with Crippen LogP contribution in [0.15, 0.2) is 24.3 Å². The Morgan fingerprint density at radius 2 is 1.95 bits per heavy atom. The number of carbonyl (C=O) groups excluding carboxylic acids is 1. The van der Waals surface area contributed by atoms with E-state index in [1.807, 2.05) is 36.2 Å². The number of carbonyl (C=O) groups is 1. The van der Waals surface area contributed by atoms with Gasteiger partial charge in [0.2, 0.25) is 0 Å². The number of rotatable bonds is 4. The zero-order valence-electron chi connectivity index (χ0n) is 12.3. The van der Waals surface area contributed by atoms with Crippen molar-refractivity contribution in [1.82, 2.24) is 4.90 Å². The summed E-state index contributed by atoms with van der Waals surface area (Å²) in [5.41, 5.74) is 6.56. The van der Waals surface area contributed by atoms with Gasteiger partial charge in [0.1, 0.15) is 5.75 Å². The van der Waals surface area contributed by atoms with Gasteiger partial charge in [-0.25, -0.2) is 0 Å². The molecule has 1 saturated carbocycles. The first-order chi connectivity index (χ1) is 9.67. The highest BCUT2D eigenvalue weighted by Crippen LogP contribution is 2.28. The lowest BCUT2D eigenvalue weighted by Gasteiger charge is -2.37. The average Bonchev–Trinajstić information content (AvgIpc) is 2.53. The second-order valence-electron chi connectivity index (χ2n) is 5.49. The summed E-state index contributed by atoms with van der Waals surface area (Å²) in [5.74, 6) is 1.26. The highest BCUT2D eigenvalue weighted by Gasteiger charge is 2.30. The van der Waals surface area contributed by atoms with E-state index >= 15 is 0 Å². The third-order valence-electron chi connectivity index (χ3n) is 4.33. The van der Waals surface area contributed by atoms with E-state index in [2.05, 4.69) is 0 Å². The van der Waals surface area contributed by atoms with Crippen LogP contribution in [0.1, 0.15) is 36.0 Å². The number of nitrogens with two attached hydrogens (primary N) is 1. The van der Waals surface area contributed by atoms with E-state index in [9.17, 15) is 4.79 Å². The van der Waals surface area contributed by atoms with E-state index in [1.54, 1.807) is 7.11 Å². The monoisotopic (exact) mass is 276 g/mol. The van der Waals surface area contributed by atoms with Crippen LogP contribution >= 0.6 is 0 Å². The molecule has 20 heavy (non-hydrogen) atoms. The molecule has 4 nitrogen and oxygen atoms in total. The average molecular weight is 276 g/mol. The van der Waals surface area contributed by atoms with Crippen molar-refractivity contribution in [3.05, 3.63) is 29.8 Å². The van der Waals surface area contributed by atoms with E-state index < -0.39 is 0 Å². The molecule has 1 aromatic carbocycles. The number of amides is 1. The molecule has 2 rings (SSSR count). The number of nitrogens with zero attached hydrogens (tertiary/aromatic N) is 1. The number of hydrogen-bond acceptors (Lipinski definition) is 3. The Bertz CT molecular complexity index is 444. The summed E-state index contributed by atoms with van der Waals surface area (Å²) in [6, 6.07) is 7.55. The highest BCUT2D eigenvalue weighted by atomic mass is 16.5. The van der Waals surface area contributed by atoms with Gasteiger partial charge in [-0.15, -0.1) is 0 Å². The zero-order valence-corrected chi connectivity index (χ0v) is 12.3. The Hall–Kier alpha value is -1.55. The standard InChI is InChI=1S/C16H24N2O2/c1-18(15-6-4-3-5-13(15)11-17)16(19)12-7-9-14(20-2)10-8-12/h7-10,13,15H,3-6,11,17H2,1-2H3. The van der Waals surface area contributed by atoms with Crippen LogP contribution in [0.3, 0.4) is 0 Å². The van der Waals surface area contributed by atoms with E-state index in [4.69, 9.17) is 10.5 Å². The summed E-state index contributed by atoms with van der Waals surface area (Å²) in [7, 11) is 3.52. The fourth-order valence-corrected chi connectivity index (χ4v) is 3.06. The van der Waals surface area contributed by atoms with Crippen LogP contribution in [-0.2, 0) is 0 Å². The minimum atomic E-state index is 0.0676. The first-order valence-electron chi connectivity index (χ1n) is 7.28. The van der Waals surface area contributed by atoms with Gasteiger partial charge in [0.05, 0.1) is 7.11 Å². The molecule has 0 spiro atoms. The van der Waals surface area contributed by atoms with Gasteiger partial charge < -0.3 is 15.4 Å². The molecule has 1 fully saturated rings. The van der Waals surface area contributed by atoms with Crippen molar-refractivity contribution in [2.24, 2.45) is 11.7 Å². The van der Waals surface area contributed by atoms with Crippen LogP contribution in [0, 0.1) is 5.92 Å². The van der Waals surface area contributed by atoms with Crippen LogP contribution in [0.5, 0.6) is 5.75 Å². The normalized spacial score (nSPS) is 22.4. The van der Waals surface area contributed by atoms with Crippen molar-refractivity contribution >= 4 is 5.91 Å². The molecule has 0 saturated heterocycles. The number of ether oxygens (including phenoxy) is 1. The second kappa shape index (κ2) is 6.75. The van der Waals surface area contributed by atoms with Crippen molar-refractivity contribution in [3.8, 4) is 5.75 Å². The maximum absolute atomic E-state index is 12.5. The molecule has 0 aromatic heterocycles. The van der Waals surface area contributed by atoms with Gasteiger partial charge in [0, 0.05) is 18.7 Å². The fourth-order valence-electron chi connectivity index (χ4n) is 3.06. The predicted molar refractivity (Wildman–Crippen MR) is 79.9 cm³/mol. The van der Waals surface area contributed by atoms with Crippen molar-refractivity contribution in [3.63, 3.8) is 0 Å². The van der Waals surface area contributed by atoms with Gasteiger partial charge in [-0.2, -0.15) is 0 Å². The van der Waals surface area contributed by atoms with Crippen molar-refractivity contribution in [1.29, 1.82) is 0 Å². The number of hydrogen-bond donors (Lipinski definition) is 1. The van der Waals surface area contributed by atoms with Crippen LogP contribution < -0.4 is 10.5 Å². The third kappa shape index (κ3) is 3.12. The maximum atomic E-state index is 12.5. The number of benzene rings is 1. The van der Waals surface area contributed by atoms with E-state index in [0.717, 1.165) is 18.6 Å². The molecule has 2 N–H and O–H groups in total. The van der Waals surface area contributed by atoms with Gasteiger partial charge in [-0.1, -0.05) is 12.8 Å². The molecule has 0 bridgehead atoms. The summed E-state index contributed by atoms with van der Waals surface area (Å²) in [5, 5.41) is 0. The van der Waals surface area contributed by atoms with E-state index in [-0.39, 0.29) is 11.9 Å². The molecular weight excluding hydrogens is 252 g/mol. The Balaban J connectivity index is 2.10. The second-order valence-corrected chi connectivity index (χ2v) is 5.49. The molecular formula is C16H24N2O2. The van der Waals surface area contributed by atoms with Gasteiger partial charge in [0.25, 0.3) is 5.91 Å². The lowest BCUT2D eigenvalue weighted by Crippen LogP contribution is -2.45. The first kappa shape index (κ1) is 14.9. The molecule has 2 atom stereocenters. The summed E-state index contributed by atoms with van der Waals surface area (Å²) in [6.07, 6.45) is 4.59. The van der Waals surface area contributed by atoms with Gasteiger partial charge in [-0.3, -0.25) is 4.79 Å². The van der Waals surface area contributed by atoms with Crippen LogP contribution in [0.25, 0.3) is 0 Å². The smallest absolute Gasteiger partial charge is 0.253 e. The largest absolute Gasteiger partial charge is 0.497 e. The predicted octanol–water partition coefficient (Wildman–Crippen LogP) is 2.28. The molecule has 110 valence electrons. The zero-order chi connectivity index (χ0) is 14.5. The Labute approximate surface area is 120 Å². The first-order valence-corrected chi connectivity index (χ1v) is 7.28. The summed E-state index contributed by atoms with van der Waals surface area (Å²) < 4.78 is 5.12. The molecule has 1 aliphatic rings. The van der Waals surface area contributed by atoms with E-state index in [0.29, 0.717) is 18.0 Å². The van der Waals surface area contributed by atoms with Gasteiger partial charge in [-0.05, 0) is 49.6 Å². The molecule has 0 aliphatic heterocycles. The van der Waals surface area contributed by atoms with E-state index in [1.165, 1.54) is 12.8 Å². The molecule has 2 unspecified atom stereocenters. The van der Waals surface area contributed by atoms with Crippen LogP contribution in [-0.4, -0.2) is 37.6 Å². The van der Waals surface area contributed by atoms with Crippen molar-refractivity contribution in [2.45, 2.75) is 31.7 Å². The van der Waals surface area contributed by atoms with Crippen molar-refractivity contribution in [2.75, 3.05) is 20.7 Å². The van der Waals surface area contributed by atoms with Crippen LogP contribution in [0.2, 0.25) is 0 Å². The van der Waals surface area contributed by atoms with Gasteiger partial charge in [0.15, 0.2) is 0 Å². The minimum absolute atomic E-state index is 0.0676. The number of methoxy groups -OCH3 is 1. The summed E-state index contributed by atoms with van der Waals surface area (Å²) in [6.45, 7) is 0.658. The third-order valence-corrected chi connectivity index (χ3v) is 4.33. The highest BCUT2D eigenvalue weighted by molar-refractivity contribution is 5.94. The lowest BCUT2D eigenvalue weighted by atomic mass is 9.83. The Morgan fingerprint density at radius 3 is 2.55 bits per heavy atom. The topological polar surface area (TPSA) is 55.6 Å². The molecule has 0 radical (unpaired) electrons. The fraction of sp³-hybridized carbons (Fsp3) is 0.562. The molecule has 0 heterocycles. The molecule has 1 aliphatic carbocycles. The Kier molecular flexibility index (Phi) is 5.01. The van der Waals surface area contributed by atoms with Crippen LogP contribution in [0.4, 0.5) is 0 Å². The Morgan fingerprint density at radius 1 is 1.30 bits per heavy atom.